The van der Waals surface area contributed by atoms with Gasteiger partial charge >= 0.3 is 0 Å². The van der Waals surface area contributed by atoms with E-state index in [4.69, 9.17) is 28.6 Å². The quantitative estimate of drug-likeness (QED) is 0.610. The Hall–Kier alpha value is -2.35. The van der Waals surface area contributed by atoms with E-state index in [2.05, 4.69) is 5.32 Å². The van der Waals surface area contributed by atoms with E-state index in [1.165, 1.54) is 11.8 Å². The molecule has 0 saturated carbocycles. The Morgan fingerprint density at radius 2 is 2.04 bits per heavy atom. The van der Waals surface area contributed by atoms with Crippen LogP contribution in [0.3, 0.4) is 0 Å². The van der Waals surface area contributed by atoms with E-state index in [9.17, 15) is 9.59 Å². The van der Waals surface area contributed by atoms with Crippen LogP contribution in [0.5, 0.6) is 5.75 Å². The van der Waals surface area contributed by atoms with E-state index in [1.54, 1.807) is 23.1 Å². The Bertz CT molecular complexity index is 992. The van der Waals surface area contributed by atoms with Crippen LogP contribution in [-0.4, -0.2) is 22.7 Å². The van der Waals surface area contributed by atoms with Crippen molar-refractivity contribution >= 4 is 63.5 Å². The molecule has 2 aromatic rings. The molecule has 2 aliphatic heterocycles. The SMILES string of the molecule is O=C1NC(=S)S/C1=C/c1cc(Cl)c2c(c1)N(Cc1ccccc1)C(=O)CO2. The molecule has 2 heterocycles. The minimum Gasteiger partial charge on any atom is -0.480 e. The van der Waals surface area contributed by atoms with Crippen LogP contribution >= 0.6 is 35.6 Å². The predicted octanol–water partition coefficient (Wildman–Crippen LogP) is 3.75. The van der Waals surface area contributed by atoms with Gasteiger partial charge in [-0.1, -0.05) is 65.9 Å². The zero-order chi connectivity index (χ0) is 19.0. The minimum atomic E-state index is -0.243. The fourth-order valence-electron chi connectivity index (χ4n) is 2.88. The maximum absolute atomic E-state index is 12.5. The number of nitrogens with one attached hydrogen (secondary N) is 1. The highest BCUT2D eigenvalue weighted by Crippen LogP contribution is 2.41. The maximum atomic E-state index is 12.5. The lowest BCUT2D eigenvalue weighted by atomic mass is 10.1. The highest BCUT2D eigenvalue weighted by atomic mass is 35.5. The van der Waals surface area contributed by atoms with E-state index in [0.29, 0.717) is 37.8 Å². The first-order chi connectivity index (χ1) is 13.0. The van der Waals surface area contributed by atoms with Crippen LogP contribution < -0.4 is 15.0 Å². The van der Waals surface area contributed by atoms with Gasteiger partial charge in [-0.15, -0.1) is 0 Å². The first kappa shape index (κ1) is 18.0. The van der Waals surface area contributed by atoms with Gasteiger partial charge in [0.05, 0.1) is 22.2 Å². The summed E-state index contributed by atoms with van der Waals surface area (Å²) in [5, 5.41) is 2.96. The largest absolute Gasteiger partial charge is 0.480 e. The number of hydrogen-bond acceptors (Lipinski definition) is 5. The summed E-state index contributed by atoms with van der Waals surface area (Å²) in [6.45, 7) is 0.345. The Kier molecular flexibility index (Phi) is 4.90. The Morgan fingerprint density at radius 1 is 1.26 bits per heavy atom. The molecule has 27 heavy (non-hydrogen) atoms. The second-order valence-electron chi connectivity index (χ2n) is 5.96. The van der Waals surface area contributed by atoms with E-state index < -0.39 is 0 Å². The van der Waals surface area contributed by atoms with Gasteiger partial charge in [-0.3, -0.25) is 9.59 Å². The normalized spacial score (nSPS) is 17.7. The zero-order valence-electron chi connectivity index (χ0n) is 13.9. The molecule has 2 amide bonds. The average molecular weight is 417 g/mol. The number of thiocarbonyl (C=S) groups is 1. The third-order valence-corrected chi connectivity index (χ3v) is 5.54. The Balaban J connectivity index is 1.74. The molecule has 4 rings (SSSR count). The molecule has 0 radical (unpaired) electrons. The molecule has 1 saturated heterocycles. The maximum Gasteiger partial charge on any atom is 0.265 e. The van der Waals surface area contributed by atoms with Crippen LogP contribution in [0.15, 0.2) is 47.4 Å². The number of hydrogen-bond donors (Lipinski definition) is 1. The molecule has 8 heteroatoms. The lowest BCUT2D eigenvalue weighted by Gasteiger charge is -2.30. The molecule has 1 fully saturated rings. The van der Waals surface area contributed by atoms with Crippen molar-refractivity contribution < 1.29 is 14.3 Å². The molecule has 0 aliphatic carbocycles. The zero-order valence-corrected chi connectivity index (χ0v) is 16.3. The summed E-state index contributed by atoms with van der Waals surface area (Å²) in [7, 11) is 0. The predicted molar refractivity (Wildman–Crippen MR) is 111 cm³/mol. The van der Waals surface area contributed by atoms with Gasteiger partial charge in [0.2, 0.25) is 0 Å². The minimum absolute atomic E-state index is 0.0630. The summed E-state index contributed by atoms with van der Waals surface area (Å²) in [4.78, 5) is 26.5. The van der Waals surface area contributed by atoms with Gasteiger partial charge in [-0.05, 0) is 29.3 Å². The van der Waals surface area contributed by atoms with Gasteiger partial charge < -0.3 is 15.0 Å². The summed E-state index contributed by atoms with van der Waals surface area (Å²) < 4.78 is 5.96. The summed E-state index contributed by atoms with van der Waals surface area (Å²) in [6.07, 6.45) is 1.70. The van der Waals surface area contributed by atoms with Gasteiger partial charge in [0.25, 0.3) is 11.8 Å². The molecule has 0 spiro atoms. The Labute approximate surface area is 170 Å². The van der Waals surface area contributed by atoms with Crippen molar-refractivity contribution in [3.05, 3.63) is 63.5 Å². The van der Waals surface area contributed by atoms with Crippen LogP contribution in [0.2, 0.25) is 5.02 Å². The first-order valence-corrected chi connectivity index (χ1v) is 9.67. The van der Waals surface area contributed by atoms with Crippen molar-refractivity contribution in [3.8, 4) is 5.75 Å². The van der Waals surface area contributed by atoms with Crippen molar-refractivity contribution in [2.24, 2.45) is 0 Å². The number of carbonyl (C=O) groups excluding carboxylic acids is 2. The second kappa shape index (κ2) is 7.34. The summed E-state index contributed by atoms with van der Waals surface area (Å²) >= 11 is 12.6. The van der Waals surface area contributed by atoms with Gasteiger partial charge in [-0.2, -0.15) is 0 Å². The lowest BCUT2D eigenvalue weighted by molar-refractivity contribution is -0.121. The van der Waals surface area contributed by atoms with Crippen LogP contribution in [0.25, 0.3) is 6.08 Å². The monoisotopic (exact) mass is 416 g/mol. The number of fused-ring (bicyclic) bond motifs is 1. The van der Waals surface area contributed by atoms with Crippen molar-refractivity contribution in [1.82, 2.24) is 5.32 Å². The van der Waals surface area contributed by atoms with Crippen LogP contribution in [0.4, 0.5) is 5.69 Å². The molecular formula is C19H13ClN2O3S2. The standard InChI is InChI=1S/C19H13ClN2O3S2/c20-13-6-12(8-15-18(24)21-19(26)27-15)7-14-17(13)25-10-16(23)22(14)9-11-4-2-1-3-5-11/h1-8H,9-10H2,(H,21,24,26)/b15-8+. The number of thioether (sulfide) groups is 1. The Morgan fingerprint density at radius 3 is 2.74 bits per heavy atom. The van der Waals surface area contributed by atoms with Crippen molar-refractivity contribution in [1.29, 1.82) is 0 Å². The summed E-state index contributed by atoms with van der Waals surface area (Å²) in [5.41, 5.74) is 2.27. The molecule has 136 valence electrons. The molecule has 1 N–H and O–H groups in total. The third kappa shape index (κ3) is 3.71. The highest BCUT2D eigenvalue weighted by Gasteiger charge is 2.28. The van der Waals surface area contributed by atoms with Crippen LogP contribution in [0, 0.1) is 0 Å². The average Bonchev–Trinajstić information content (AvgIpc) is 2.95. The third-order valence-electron chi connectivity index (χ3n) is 4.10. The van der Waals surface area contributed by atoms with E-state index in [-0.39, 0.29) is 18.4 Å². The van der Waals surface area contributed by atoms with Crippen molar-refractivity contribution in [3.63, 3.8) is 0 Å². The fourth-order valence-corrected chi connectivity index (χ4v) is 4.21. The number of ether oxygens (including phenoxy) is 1. The van der Waals surface area contributed by atoms with Crippen molar-refractivity contribution in [2.45, 2.75) is 6.54 Å². The molecule has 2 aliphatic rings. The molecule has 5 nitrogen and oxygen atoms in total. The summed E-state index contributed by atoms with van der Waals surface area (Å²) in [6, 6.07) is 13.2. The smallest absolute Gasteiger partial charge is 0.265 e. The highest BCUT2D eigenvalue weighted by molar-refractivity contribution is 8.26. The van der Waals surface area contributed by atoms with Crippen LogP contribution in [0.1, 0.15) is 11.1 Å². The molecule has 0 bridgehead atoms. The number of benzene rings is 2. The van der Waals surface area contributed by atoms with E-state index >= 15 is 0 Å². The number of nitrogens with zero attached hydrogens (tertiary/aromatic N) is 1. The van der Waals surface area contributed by atoms with E-state index in [0.717, 1.165) is 5.56 Å². The number of halogens is 1. The number of anilines is 1. The number of carbonyl (C=O) groups is 2. The van der Waals surface area contributed by atoms with Crippen molar-refractivity contribution in [2.75, 3.05) is 11.5 Å². The lowest BCUT2D eigenvalue weighted by Crippen LogP contribution is -2.38. The van der Waals surface area contributed by atoms with Gasteiger partial charge in [-0.25, -0.2) is 0 Å². The fraction of sp³-hybridized carbons (Fsp3) is 0.105. The number of rotatable bonds is 3. The topological polar surface area (TPSA) is 58.6 Å². The molecule has 0 aromatic heterocycles. The molecular weight excluding hydrogens is 404 g/mol. The number of amides is 2. The van der Waals surface area contributed by atoms with E-state index in [1.807, 2.05) is 30.3 Å². The first-order valence-electron chi connectivity index (χ1n) is 8.07. The van der Waals surface area contributed by atoms with Gasteiger partial charge in [0, 0.05) is 0 Å². The summed E-state index contributed by atoms with van der Waals surface area (Å²) in [5.74, 6) is 0.0714. The second-order valence-corrected chi connectivity index (χ2v) is 8.08. The van der Waals surface area contributed by atoms with Gasteiger partial charge in [0.15, 0.2) is 12.4 Å². The molecule has 0 unspecified atom stereocenters. The molecule has 2 aromatic carbocycles. The molecule has 0 atom stereocenters. The van der Waals surface area contributed by atoms with Crippen LogP contribution in [-0.2, 0) is 16.1 Å². The van der Waals surface area contributed by atoms with Gasteiger partial charge in [0.1, 0.15) is 4.32 Å².